The van der Waals surface area contributed by atoms with Crippen LogP contribution in [0.3, 0.4) is 0 Å². The lowest BCUT2D eigenvalue weighted by molar-refractivity contribution is -0.157. The molecule has 0 aromatic heterocycles. The molecule has 2 rings (SSSR count). The Kier molecular flexibility index (Phi) is 6.19. The summed E-state index contributed by atoms with van der Waals surface area (Å²) in [5, 5.41) is 2.57. The molecule has 5 nitrogen and oxygen atoms in total. The fourth-order valence-electron chi connectivity index (χ4n) is 2.47. The van der Waals surface area contributed by atoms with Crippen molar-refractivity contribution >= 4 is 11.8 Å². The fraction of sp³-hybridized carbons (Fsp3) is 0.500. The smallest absolute Gasteiger partial charge is 0.376 e. The molecule has 8 heteroatoms. The van der Waals surface area contributed by atoms with Crippen LogP contribution in [0.15, 0.2) is 30.3 Å². The molecule has 2 amide bonds. The number of alkyl halides is 3. The van der Waals surface area contributed by atoms with Crippen LogP contribution in [0.25, 0.3) is 0 Å². The molecule has 1 atom stereocenters. The number of ether oxygens (including phenoxy) is 1. The average molecular weight is 344 g/mol. The molecule has 0 spiro atoms. The topological polar surface area (TPSA) is 58.6 Å². The first kappa shape index (κ1) is 18.3. The van der Waals surface area contributed by atoms with E-state index in [1.54, 1.807) is 0 Å². The van der Waals surface area contributed by atoms with Gasteiger partial charge in [-0.3, -0.25) is 9.59 Å². The van der Waals surface area contributed by atoms with Gasteiger partial charge in [0.1, 0.15) is 6.54 Å². The minimum Gasteiger partial charge on any atom is -0.376 e. The number of rotatable bonds is 7. The molecule has 0 radical (unpaired) electrons. The van der Waals surface area contributed by atoms with Crippen LogP contribution in [0.5, 0.6) is 0 Å². The van der Waals surface area contributed by atoms with Crippen molar-refractivity contribution in [1.29, 1.82) is 0 Å². The Labute approximate surface area is 137 Å². The Morgan fingerprint density at radius 1 is 1.29 bits per heavy atom. The van der Waals surface area contributed by atoms with Crippen molar-refractivity contribution < 1.29 is 27.5 Å². The number of amides is 2. The third-order valence-electron chi connectivity index (χ3n) is 3.53. The summed E-state index contributed by atoms with van der Waals surface area (Å²) in [6.07, 6.45) is -4.44. The molecule has 1 fully saturated rings. The second kappa shape index (κ2) is 8.14. The van der Waals surface area contributed by atoms with Crippen LogP contribution in [0.2, 0.25) is 0 Å². The molecule has 1 N–H and O–H groups in total. The van der Waals surface area contributed by atoms with Crippen molar-refractivity contribution in [3.63, 3.8) is 0 Å². The minimum atomic E-state index is -4.43. The zero-order valence-electron chi connectivity index (χ0n) is 13.0. The van der Waals surface area contributed by atoms with Crippen LogP contribution < -0.4 is 5.32 Å². The van der Waals surface area contributed by atoms with Gasteiger partial charge in [0.15, 0.2) is 0 Å². The number of hydrogen-bond donors (Lipinski definition) is 1. The molecular weight excluding hydrogens is 325 g/mol. The average Bonchev–Trinajstić information content (AvgIpc) is 2.82. The number of hydrogen-bond acceptors (Lipinski definition) is 3. The van der Waals surface area contributed by atoms with Crippen LogP contribution in [-0.4, -0.2) is 48.6 Å². The number of likely N-dealkylation sites (tertiary alicyclic amines) is 1. The molecular formula is C16H19F3N2O3. The number of nitrogens with one attached hydrogen (secondary N) is 1. The van der Waals surface area contributed by atoms with Gasteiger partial charge in [0.05, 0.1) is 19.3 Å². The predicted octanol–water partition coefficient (Wildman–Crippen LogP) is 1.87. The Bertz CT molecular complexity index is 563. The Morgan fingerprint density at radius 2 is 2.00 bits per heavy atom. The second-order valence-electron chi connectivity index (χ2n) is 5.65. The fourth-order valence-corrected chi connectivity index (χ4v) is 2.47. The van der Waals surface area contributed by atoms with Crippen molar-refractivity contribution in [2.75, 3.05) is 19.7 Å². The molecule has 0 aliphatic carbocycles. The van der Waals surface area contributed by atoms with Gasteiger partial charge < -0.3 is 15.0 Å². The van der Waals surface area contributed by atoms with E-state index >= 15 is 0 Å². The quantitative estimate of drug-likeness (QED) is 0.769. The minimum absolute atomic E-state index is 0.0940. The lowest BCUT2D eigenvalue weighted by Gasteiger charge is -2.18. The lowest BCUT2D eigenvalue weighted by atomic mass is 10.2. The molecule has 1 aliphatic heterocycles. The van der Waals surface area contributed by atoms with Gasteiger partial charge in [0, 0.05) is 19.4 Å². The molecule has 1 heterocycles. The molecule has 132 valence electrons. The zero-order valence-corrected chi connectivity index (χ0v) is 13.0. The third-order valence-corrected chi connectivity index (χ3v) is 3.53. The second-order valence-corrected chi connectivity index (χ2v) is 5.65. The standard InChI is InChI=1S/C16H19F3N2O3/c17-16(18,19)11-21-9-13(8-15(21)23)20-14(22)6-7-24-10-12-4-2-1-3-5-12/h1-5,13H,6-11H2,(H,20,22). The van der Waals surface area contributed by atoms with Crippen LogP contribution >= 0.6 is 0 Å². The number of carbonyl (C=O) groups excluding carboxylic acids is 2. The van der Waals surface area contributed by atoms with Crippen molar-refractivity contribution in [1.82, 2.24) is 10.2 Å². The number of benzene rings is 1. The summed E-state index contributed by atoms with van der Waals surface area (Å²) in [7, 11) is 0. The van der Waals surface area contributed by atoms with E-state index in [0.29, 0.717) is 6.61 Å². The highest BCUT2D eigenvalue weighted by atomic mass is 19.4. The van der Waals surface area contributed by atoms with Crippen molar-refractivity contribution in [3.8, 4) is 0 Å². The van der Waals surface area contributed by atoms with Crippen LogP contribution in [0, 0.1) is 0 Å². The highest BCUT2D eigenvalue weighted by Gasteiger charge is 2.38. The maximum absolute atomic E-state index is 12.3. The monoisotopic (exact) mass is 344 g/mol. The van der Waals surface area contributed by atoms with E-state index in [9.17, 15) is 22.8 Å². The summed E-state index contributed by atoms with van der Waals surface area (Å²) >= 11 is 0. The maximum atomic E-state index is 12.3. The Balaban J connectivity index is 1.65. The SMILES string of the molecule is O=C(CCOCc1ccccc1)NC1CC(=O)N(CC(F)(F)F)C1. The summed E-state index contributed by atoms with van der Waals surface area (Å²) in [6, 6.07) is 8.88. The molecule has 1 aromatic carbocycles. The van der Waals surface area contributed by atoms with Gasteiger partial charge >= 0.3 is 6.18 Å². The summed E-state index contributed by atoms with van der Waals surface area (Å²) in [5.74, 6) is -0.937. The molecule has 1 aliphatic rings. The van der Waals surface area contributed by atoms with E-state index in [1.807, 2.05) is 30.3 Å². The van der Waals surface area contributed by atoms with Crippen molar-refractivity contribution in [2.45, 2.75) is 31.7 Å². The number of halogens is 3. The van der Waals surface area contributed by atoms with Gasteiger partial charge in [-0.2, -0.15) is 13.2 Å². The summed E-state index contributed by atoms with van der Waals surface area (Å²) in [5.41, 5.74) is 0.988. The van der Waals surface area contributed by atoms with E-state index in [2.05, 4.69) is 5.32 Å². The lowest BCUT2D eigenvalue weighted by Crippen LogP contribution is -2.40. The van der Waals surface area contributed by atoms with Gasteiger partial charge in [0.25, 0.3) is 0 Å². The van der Waals surface area contributed by atoms with Crippen LogP contribution in [0.1, 0.15) is 18.4 Å². The van der Waals surface area contributed by atoms with Gasteiger partial charge in [-0.25, -0.2) is 0 Å². The Hall–Kier alpha value is -2.09. The van der Waals surface area contributed by atoms with Gasteiger partial charge in [-0.05, 0) is 5.56 Å². The summed E-state index contributed by atoms with van der Waals surface area (Å²) in [4.78, 5) is 24.0. The largest absolute Gasteiger partial charge is 0.406 e. The molecule has 0 saturated carbocycles. The van der Waals surface area contributed by atoms with E-state index in [-0.39, 0.29) is 31.9 Å². The van der Waals surface area contributed by atoms with Crippen LogP contribution in [0.4, 0.5) is 13.2 Å². The van der Waals surface area contributed by atoms with Gasteiger partial charge in [-0.15, -0.1) is 0 Å². The number of carbonyl (C=O) groups is 2. The maximum Gasteiger partial charge on any atom is 0.406 e. The number of nitrogens with zero attached hydrogens (tertiary/aromatic N) is 1. The zero-order chi connectivity index (χ0) is 17.6. The van der Waals surface area contributed by atoms with Crippen molar-refractivity contribution in [3.05, 3.63) is 35.9 Å². The predicted molar refractivity (Wildman–Crippen MR) is 79.9 cm³/mol. The Morgan fingerprint density at radius 3 is 2.67 bits per heavy atom. The summed E-state index contributed by atoms with van der Waals surface area (Å²) < 4.78 is 42.3. The van der Waals surface area contributed by atoms with Crippen LogP contribution in [-0.2, 0) is 20.9 Å². The van der Waals surface area contributed by atoms with E-state index in [1.165, 1.54) is 0 Å². The first-order valence-corrected chi connectivity index (χ1v) is 7.59. The highest BCUT2D eigenvalue weighted by Crippen LogP contribution is 2.20. The van der Waals surface area contributed by atoms with E-state index < -0.39 is 24.7 Å². The first-order valence-electron chi connectivity index (χ1n) is 7.59. The normalized spacial score (nSPS) is 18.0. The van der Waals surface area contributed by atoms with Crippen molar-refractivity contribution in [2.24, 2.45) is 0 Å². The van der Waals surface area contributed by atoms with E-state index in [4.69, 9.17) is 4.74 Å². The first-order chi connectivity index (χ1) is 11.3. The molecule has 0 bridgehead atoms. The molecule has 1 unspecified atom stereocenters. The third kappa shape index (κ3) is 6.19. The van der Waals surface area contributed by atoms with Gasteiger partial charge in [-0.1, -0.05) is 30.3 Å². The molecule has 1 aromatic rings. The molecule has 1 saturated heterocycles. The summed E-state index contributed by atoms with van der Waals surface area (Å²) in [6.45, 7) is -0.809. The van der Waals surface area contributed by atoms with E-state index in [0.717, 1.165) is 10.5 Å². The molecule has 24 heavy (non-hydrogen) atoms. The highest BCUT2D eigenvalue weighted by molar-refractivity contribution is 5.82. The van der Waals surface area contributed by atoms with Gasteiger partial charge in [0.2, 0.25) is 11.8 Å².